The van der Waals surface area contributed by atoms with E-state index in [1.807, 2.05) is 12.1 Å². The van der Waals surface area contributed by atoms with Crippen LogP contribution in [0.4, 0.5) is 5.69 Å². The third-order valence-electron chi connectivity index (χ3n) is 4.10. The molecule has 1 aromatic carbocycles. The van der Waals surface area contributed by atoms with Crippen molar-refractivity contribution in [3.8, 4) is 0 Å². The molecule has 1 fully saturated rings. The zero-order valence-corrected chi connectivity index (χ0v) is 12.2. The first-order valence-electron chi connectivity index (χ1n) is 7.10. The highest BCUT2D eigenvalue weighted by atomic mass is 16.1. The first kappa shape index (κ1) is 14.1. The Bertz CT molecular complexity index is 448. The second kappa shape index (κ2) is 6.20. The number of carbonyl (C=O) groups excluding carboxylic acids is 1. The number of likely N-dealkylation sites (tertiary alicyclic amines) is 1. The summed E-state index contributed by atoms with van der Waals surface area (Å²) in [5, 5.41) is 3.02. The summed E-state index contributed by atoms with van der Waals surface area (Å²) in [4.78, 5) is 14.4. The number of amides is 1. The zero-order valence-electron chi connectivity index (χ0n) is 12.2. The minimum absolute atomic E-state index is 0.151. The molecule has 104 valence electrons. The van der Waals surface area contributed by atoms with E-state index >= 15 is 0 Å². The number of aryl methyl sites for hydroxylation is 2. The summed E-state index contributed by atoms with van der Waals surface area (Å²) in [6.07, 6.45) is 2.93. The number of benzene rings is 1. The van der Waals surface area contributed by atoms with Crippen LogP contribution >= 0.6 is 0 Å². The van der Waals surface area contributed by atoms with Gasteiger partial charge in [0.1, 0.15) is 0 Å². The highest BCUT2D eigenvalue weighted by Gasteiger charge is 2.19. The Kier molecular flexibility index (Phi) is 4.59. The van der Waals surface area contributed by atoms with Crippen molar-refractivity contribution >= 4 is 11.6 Å². The normalized spacial score (nSPS) is 17.4. The molecule has 1 N–H and O–H groups in total. The number of piperidine rings is 1. The summed E-state index contributed by atoms with van der Waals surface area (Å²) in [5.41, 5.74) is 3.39. The third kappa shape index (κ3) is 4.06. The Balaban J connectivity index is 1.85. The van der Waals surface area contributed by atoms with Crippen molar-refractivity contribution in [3.63, 3.8) is 0 Å². The quantitative estimate of drug-likeness (QED) is 0.906. The Morgan fingerprint density at radius 2 is 1.95 bits per heavy atom. The first-order valence-corrected chi connectivity index (χ1v) is 7.10. The molecule has 0 aromatic heterocycles. The number of nitrogens with zero attached hydrogens (tertiary/aromatic N) is 1. The predicted molar refractivity (Wildman–Crippen MR) is 79.4 cm³/mol. The van der Waals surface area contributed by atoms with Crippen LogP contribution < -0.4 is 5.32 Å². The maximum absolute atomic E-state index is 12.0. The molecule has 3 heteroatoms. The molecule has 0 unspecified atom stereocenters. The zero-order chi connectivity index (χ0) is 13.8. The van der Waals surface area contributed by atoms with Gasteiger partial charge in [-0.1, -0.05) is 6.07 Å². The predicted octanol–water partition coefficient (Wildman–Crippen LogP) is 2.97. The molecule has 1 aromatic rings. The SMILES string of the molecule is Cc1ccc(NC(=O)CC2CCN(C)CC2)cc1C. The number of anilines is 1. The molecular formula is C16H24N2O. The molecule has 1 saturated heterocycles. The van der Waals surface area contributed by atoms with Crippen molar-refractivity contribution in [1.29, 1.82) is 0 Å². The van der Waals surface area contributed by atoms with Gasteiger partial charge in [-0.2, -0.15) is 0 Å². The van der Waals surface area contributed by atoms with Crippen LogP contribution in [-0.4, -0.2) is 30.9 Å². The van der Waals surface area contributed by atoms with E-state index in [0.29, 0.717) is 12.3 Å². The van der Waals surface area contributed by atoms with E-state index in [9.17, 15) is 4.79 Å². The van der Waals surface area contributed by atoms with Crippen molar-refractivity contribution in [2.45, 2.75) is 33.1 Å². The van der Waals surface area contributed by atoms with Crippen molar-refractivity contribution in [2.24, 2.45) is 5.92 Å². The average Bonchev–Trinajstić information content (AvgIpc) is 2.37. The second-order valence-electron chi connectivity index (χ2n) is 5.80. The summed E-state index contributed by atoms with van der Waals surface area (Å²) < 4.78 is 0. The van der Waals surface area contributed by atoms with Gasteiger partial charge in [-0.05, 0) is 76.0 Å². The van der Waals surface area contributed by atoms with Gasteiger partial charge in [0.2, 0.25) is 5.91 Å². The number of nitrogens with one attached hydrogen (secondary N) is 1. The fourth-order valence-electron chi connectivity index (χ4n) is 2.56. The highest BCUT2D eigenvalue weighted by Crippen LogP contribution is 2.21. The summed E-state index contributed by atoms with van der Waals surface area (Å²) in [5.74, 6) is 0.695. The molecule has 1 aliphatic heterocycles. The van der Waals surface area contributed by atoms with Crippen LogP contribution in [0.5, 0.6) is 0 Å². The van der Waals surface area contributed by atoms with Gasteiger partial charge in [0.05, 0.1) is 0 Å². The van der Waals surface area contributed by atoms with E-state index in [1.54, 1.807) is 0 Å². The van der Waals surface area contributed by atoms with Gasteiger partial charge in [0.25, 0.3) is 0 Å². The fourth-order valence-corrected chi connectivity index (χ4v) is 2.56. The molecule has 3 nitrogen and oxygen atoms in total. The van der Waals surface area contributed by atoms with Gasteiger partial charge >= 0.3 is 0 Å². The largest absolute Gasteiger partial charge is 0.326 e. The van der Waals surface area contributed by atoms with Gasteiger partial charge in [-0.3, -0.25) is 4.79 Å². The van der Waals surface area contributed by atoms with Crippen LogP contribution in [0.2, 0.25) is 0 Å². The summed E-state index contributed by atoms with van der Waals surface area (Å²) in [6, 6.07) is 6.08. The van der Waals surface area contributed by atoms with Crippen molar-refractivity contribution < 1.29 is 4.79 Å². The van der Waals surface area contributed by atoms with Gasteiger partial charge in [0, 0.05) is 12.1 Å². The van der Waals surface area contributed by atoms with Crippen LogP contribution in [0.15, 0.2) is 18.2 Å². The molecule has 0 bridgehead atoms. The average molecular weight is 260 g/mol. The fraction of sp³-hybridized carbons (Fsp3) is 0.562. The summed E-state index contributed by atoms with van der Waals surface area (Å²) in [6.45, 7) is 6.38. The van der Waals surface area contributed by atoms with E-state index in [2.05, 4.69) is 37.2 Å². The Labute approximate surface area is 116 Å². The van der Waals surface area contributed by atoms with E-state index in [4.69, 9.17) is 0 Å². The smallest absolute Gasteiger partial charge is 0.224 e. The molecule has 0 atom stereocenters. The molecule has 19 heavy (non-hydrogen) atoms. The number of rotatable bonds is 3. The highest BCUT2D eigenvalue weighted by molar-refractivity contribution is 5.91. The van der Waals surface area contributed by atoms with Crippen LogP contribution in [0.1, 0.15) is 30.4 Å². The summed E-state index contributed by atoms with van der Waals surface area (Å²) in [7, 11) is 2.14. The lowest BCUT2D eigenvalue weighted by Gasteiger charge is -2.28. The Hall–Kier alpha value is -1.35. The monoisotopic (exact) mass is 260 g/mol. The second-order valence-corrected chi connectivity index (χ2v) is 5.80. The topological polar surface area (TPSA) is 32.3 Å². The molecule has 1 amide bonds. The third-order valence-corrected chi connectivity index (χ3v) is 4.10. The van der Waals surface area contributed by atoms with Crippen molar-refractivity contribution in [2.75, 3.05) is 25.5 Å². The molecule has 0 saturated carbocycles. The Morgan fingerprint density at radius 1 is 1.26 bits per heavy atom. The van der Waals surface area contributed by atoms with Crippen LogP contribution in [0.3, 0.4) is 0 Å². The number of hydrogen-bond acceptors (Lipinski definition) is 2. The van der Waals surface area contributed by atoms with E-state index in [1.165, 1.54) is 11.1 Å². The van der Waals surface area contributed by atoms with Crippen LogP contribution in [-0.2, 0) is 4.79 Å². The van der Waals surface area contributed by atoms with Gasteiger partial charge in [-0.25, -0.2) is 0 Å². The minimum Gasteiger partial charge on any atom is -0.326 e. The molecule has 0 spiro atoms. The van der Waals surface area contributed by atoms with Crippen molar-refractivity contribution in [1.82, 2.24) is 4.90 Å². The van der Waals surface area contributed by atoms with Gasteiger partial charge in [-0.15, -0.1) is 0 Å². The lowest BCUT2D eigenvalue weighted by atomic mass is 9.93. The molecule has 1 aliphatic rings. The number of hydrogen-bond donors (Lipinski definition) is 1. The molecule has 0 aliphatic carbocycles. The standard InChI is InChI=1S/C16H24N2O/c1-12-4-5-15(10-13(12)2)17-16(19)11-14-6-8-18(3)9-7-14/h4-5,10,14H,6-9,11H2,1-3H3,(H,17,19). The maximum atomic E-state index is 12.0. The van der Waals surface area contributed by atoms with Crippen LogP contribution in [0, 0.1) is 19.8 Å². The van der Waals surface area contributed by atoms with E-state index in [-0.39, 0.29) is 5.91 Å². The first-order chi connectivity index (χ1) is 9.04. The number of carbonyl (C=O) groups is 1. The maximum Gasteiger partial charge on any atom is 0.224 e. The summed E-state index contributed by atoms with van der Waals surface area (Å²) >= 11 is 0. The minimum atomic E-state index is 0.151. The molecule has 2 rings (SSSR count). The molecule has 0 radical (unpaired) electrons. The van der Waals surface area contributed by atoms with E-state index in [0.717, 1.165) is 31.6 Å². The molecular weight excluding hydrogens is 236 g/mol. The Morgan fingerprint density at radius 3 is 2.58 bits per heavy atom. The molecule has 1 heterocycles. The van der Waals surface area contributed by atoms with Crippen molar-refractivity contribution in [3.05, 3.63) is 29.3 Å². The lowest BCUT2D eigenvalue weighted by molar-refractivity contribution is -0.117. The van der Waals surface area contributed by atoms with Gasteiger partial charge in [0.15, 0.2) is 0 Å². The lowest BCUT2D eigenvalue weighted by Crippen LogP contribution is -2.31. The van der Waals surface area contributed by atoms with E-state index < -0.39 is 0 Å². The van der Waals surface area contributed by atoms with Gasteiger partial charge < -0.3 is 10.2 Å². The van der Waals surface area contributed by atoms with Crippen LogP contribution in [0.25, 0.3) is 0 Å².